The Kier molecular flexibility index (Phi) is 2.97. The van der Waals surface area contributed by atoms with Crippen molar-refractivity contribution in [2.75, 3.05) is 0 Å². The number of benzene rings is 1. The van der Waals surface area contributed by atoms with Crippen LogP contribution in [-0.4, -0.2) is 16.9 Å². The molecular formula is C10H8O3. The minimum atomic E-state index is -1.44. The maximum Gasteiger partial charge on any atom is 0.376 e. The number of carboxylic acid groups (broad SMARTS) is 1. The summed E-state index contributed by atoms with van der Waals surface area (Å²) >= 11 is 0. The molecule has 66 valence electrons. The molecule has 0 saturated heterocycles. The maximum atomic E-state index is 10.6. The monoisotopic (exact) mass is 176 g/mol. The van der Waals surface area contributed by atoms with Gasteiger partial charge in [-0.05, 0) is 11.6 Å². The van der Waals surface area contributed by atoms with Crippen LogP contribution in [0.3, 0.4) is 0 Å². The third-order valence-corrected chi connectivity index (χ3v) is 1.44. The van der Waals surface area contributed by atoms with Crippen molar-refractivity contribution in [3.05, 3.63) is 42.0 Å². The first-order valence-electron chi connectivity index (χ1n) is 3.70. The SMILES string of the molecule is O=C(O)C(=O)/C=C\c1ccccc1. The Bertz CT molecular complexity index is 338. The zero-order valence-electron chi connectivity index (χ0n) is 6.81. The second kappa shape index (κ2) is 4.21. The van der Waals surface area contributed by atoms with Gasteiger partial charge in [0.05, 0.1) is 0 Å². The molecule has 0 aliphatic carbocycles. The molecule has 0 atom stereocenters. The van der Waals surface area contributed by atoms with Crippen molar-refractivity contribution < 1.29 is 14.7 Å². The van der Waals surface area contributed by atoms with Crippen LogP contribution in [0.1, 0.15) is 5.56 Å². The fraction of sp³-hybridized carbons (Fsp3) is 0. The van der Waals surface area contributed by atoms with E-state index in [-0.39, 0.29) is 0 Å². The quantitative estimate of drug-likeness (QED) is 0.558. The molecule has 1 N–H and O–H groups in total. The van der Waals surface area contributed by atoms with Crippen molar-refractivity contribution in [1.82, 2.24) is 0 Å². The highest BCUT2D eigenvalue weighted by atomic mass is 16.4. The first-order valence-corrected chi connectivity index (χ1v) is 3.70. The Morgan fingerprint density at radius 2 is 1.77 bits per heavy atom. The smallest absolute Gasteiger partial charge is 0.376 e. The average molecular weight is 176 g/mol. The highest BCUT2D eigenvalue weighted by molar-refractivity contribution is 6.38. The number of aliphatic carboxylic acids is 1. The van der Waals surface area contributed by atoms with Crippen LogP contribution in [0.4, 0.5) is 0 Å². The Hall–Kier alpha value is -1.90. The van der Waals surface area contributed by atoms with Gasteiger partial charge in [0.25, 0.3) is 5.78 Å². The van der Waals surface area contributed by atoms with E-state index in [1.54, 1.807) is 12.1 Å². The molecule has 0 fully saturated rings. The summed E-state index contributed by atoms with van der Waals surface area (Å²) in [6.45, 7) is 0. The number of hydrogen-bond acceptors (Lipinski definition) is 2. The van der Waals surface area contributed by atoms with Crippen LogP contribution >= 0.6 is 0 Å². The van der Waals surface area contributed by atoms with Gasteiger partial charge in [-0.1, -0.05) is 36.4 Å². The zero-order valence-corrected chi connectivity index (χ0v) is 6.81. The molecule has 0 spiro atoms. The Morgan fingerprint density at radius 3 is 2.31 bits per heavy atom. The third kappa shape index (κ3) is 2.91. The van der Waals surface area contributed by atoms with Gasteiger partial charge < -0.3 is 5.11 Å². The van der Waals surface area contributed by atoms with Gasteiger partial charge in [-0.15, -0.1) is 0 Å². The molecular weight excluding hydrogens is 168 g/mol. The van der Waals surface area contributed by atoms with Crippen LogP contribution in [0, 0.1) is 0 Å². The van der Waals surface area contributed by atoms with Crippen molar-refractivity contribution in [2.45, 2.75) is 0 Å². The van der Waals surface area contributed by atoms with Gasteiger partial charge in [0.1, 0.15) is 0 Å². The highest BCUT2D eigenvalue weighted by Crippen LogP contribution is 2.00. The second-order valence-electron chi connectivity index (χ2n) is 2.41. The predicted octanol–water partition coefficient (Wildman–Crippen LogP) is 1.35. The molecule has 0 bridgehead atoms. The molecule has 3 nitrogen and oxygen atoms in total. The largest absolute Gasteiger partial charge is 0.475 e. The fourth-order valence-corrected chi connectivity index (χ4v) is 0.807. The van der Waals surface area contributed by atoms with Crippen molar-refractivity contribution >= 4 is 17.8 Å². The topological polar surface area (TPSA) is 54.4 Å². The van der Waals surface area contributed by atoms with E-state index in [1.807, 2.05) is 18.2 Å². The molecule has 0 aliphatic rings. The Labute approximate surface area is 75.3 Å². The van der Waals surface area contributed by atoms with Crippen molar-refractivity contribution in [2.24, 2.45) is 0 Å². The van der Waals surface area contributed by atoms with E-state index in [2.05, 4.69) is 0 Å². The molecule has 0 radical (unpaired) electrons. The van der Waals surface area contributed by atoms with Gasteiger partial charge in [-0.2, -0.15) is 0 Å². The summed E-state index contributed by atoms with van der Waals surface area (Å²) in [6, 6.07) is 9.03. The third-order valence-electron chi connectivity index (χ3n) is 1.44. The summed E-state index contributed by atoms with van der Waals surface area (Å²) in [6.07, 6.45) is 2.51. The van der Waals surface area contributed by atoms with E-state index in [4.69, 9.17) is 5.11 Å². The van der Waals surface area contributed by atoms with Crippen molar-refractivity contribution in [3.63, 3.8) is 0 Å². The molecule has 0 aliphatic heterocycles. The van der Waals surface area contributed by atoms with E-state index in [9.17, 15) is 9.59 Å². The Balaban J connectivity index is 2.70. The van der Waals surface area contributed by atoms with Gasteiger partial charge in [0.15, 0.2) is 0 Å². The lowest BCUT2D eigenvalue weighted by Gasteiger charge is -1.89. The normalized spacial score (nSPS) is 10.2. The van der Waals surface area contributed by atoms with Crippen LogP contribution in [0.5, 0.6) is 0 Å². The molecule has 0 unspecified atom stereocenters. The lowest BCUT2D eigenvalue weighted by molar-refractivity contribution is -0.146. The van der Waals surface area contributed by atoms with Crippen LogP contribution < -0.4 is 0 Å². The lowest BCUT2D eigenvalue weighted by Crippen LogP contribution is -2.08. The summed E-state index contributed by atoms with van der Waals surface area (Å²) in [7, 11) is 0. The fourth-order valence-electron chi connectivity index (χ4n) is 0.807. The first kappa shape index (κ1) is 9.19. The number of carbonyl (C=O) groups excluding carboxylic acids is 1. The van der Waals surface area contributed by atoms with E-state index in [1.165, 1.54) is 6.08 Å². The van der Waals surface area contributed by atoms with Crippen LogP contribution in [-0.2, 0) is 9.59 Å². The molecule has 1 aromatic carbocycles. The molecule has 0 saturated carbocycles. The minimum absolute atomic E-state index is 0.803. The molecule has 0 heterocycles. The predicted molar refractivity (Wildman–Crippen MR) is 48.1 cm³/mol. The molecule has 0 aromatic heterocycles. The number of rotatable bonds is 3. The minimum Gasteiger partial charge on any atom is -0.475 e. The van der Waals surface area contributed by atoms with Gasteiger partial charge in [-0.3, -0.25) is 4.79 Å². The van der Waals surface area contributed by atoms with Gasteiger partial charge >= 0.3 is 5.97 Å². The maximum absolute atomic E-state index is 10.6. The summed E-state index contributed by atoms with van der Waals surface area (Å²) < 4.78 is 0. The summed E-state index contributed by atoms with van der Waals surface area (Å²) in [5.41, 5.74) is 0.803. The zero-order chi connectivity index (χ0) is 9.68. The average Bonchev–Trinajstić information content (AvgIpc) is 2.15. The van der Waals surface area contributed by atoms with Crippen molar-refractivity contribution in [1.29, 1.82) is 0 Å². The van der Waals surface area contributed by atoms with Gasteiger partial charge in [0, 0.05) is 0 Å². The molecule has 0 amide bonds. The molecule has 1 rings (SSSR count). The number of carboxylic acids is 1. The number of ketones is 1. The second-order valence-corrected chi connectivity index (χ2v) is 2.41. The van der Waals surface area contributed by atoms with Crippen LogP contribution in [0.25, 0.3) is 6.08 Å². The van der Waals surface area contributed by atoms with Crippen LogP contribution in [0.2, 0.25) is 0 Å². The first-order chi connectivity index (χ1) is 6.20. The molecule has 3 heteroatoms. The summed E-state index contributed by atoms with van der Waals surface area (Å²) in [5, 5.41) is 8.26. The van der Waals surface area contributed by atoms with Crippen LogP contribution in [0.15, 0.2) is 36.4 Å². The molecule has 1 aromatic rings. The van der Waals surface area contributed by atoms with Gasteiger partial charge in [0.2, 0.25) is 0 Å². The van der Waals surface area contributed by atoms with Crippen molar-refractivity contribution in [3.8, 4) is 0 Å². The molecule has 13 heavy (non-hydrogen) atoms. The van der Waals surface area contributed by atoms with E-state index < -0.39 is 11.8 Å². The van der Waals surface area contributed by atoms with E-state index >= 15 is 0 Å². The van der Waals surface area contributed by atoms with Gasteiger partial charge in [-0.25, -0.2) is 4.79 Å². The van der Waals surface area contributed by atoms with E-state index in [0.717, 1.165) is 11.6 Å². The summed E-state index contributed by atoms with van der Waals surface area (Å²) in [5.74, 6) is -2.35. The van der Waals surface area contributed by atoms with E-state index in [0.29, 0.717) is 0 Å². The number of carbonyl (C=O) groups is 2. The Morgan fingerprint density at radius 1 is 1.15 bits per heavy atom. The number of hydrogen-bond donors (Lipinski definition) is 1. The highest BCUT2D eigenvalue weighted by Gasteiger charge is 2.04. The summed E-state index contributed by atoms with van der Waals surface area (Å²) in [4.78, 5) is 20.7. The standard InChI is InChI=1S/C10H8O3/c11-9(10(12)13)7-6-8-4-2-1-3-5-8/h1-7H,(H,12,13)/b7-6-. The lowest BCUT2D eigenvalue weighted by atomic mass is 10.2.